The molecule has 0 saturated carbocycles. The molecule has 56 heavy (non-hydrogen) atoms. The van der Waals surface area contributed by atoms with Crippen LogP contribution in [0.2, 0.25) is 0 Å². The van der Waals surface area contributed by atoms with E-state index in [-0.39, 0.29) is 24.3 Å². The number of nitrogens with zero attached hydrogens (tertiary/aromatic N) is 2. The van der Waals surface area contributed by atoms with Gasteiger partial charge in [-0.25, -0.2) is 0 Å². The van der Waals surface area contributed by atoms with Crippen molar-refractivity contribution in [2.24, 2.45) is 0 Å². The number of alkyl halides is 1. The van der Waals surface area contributed by atoms with Crippen molar-refractivity contribution in [2.75, 3.05) is 31.8 Å². The van der Waals surface area contributed by atoms with Crippen molar-refractivity contribution in [3.8, 4) is 5.75 Å². The van der Waals surface area contributed by atoms with Gasteiger partial charge in [-0.2, -0.15) is 0 Å². The molecular formula is C45H46ClN3O6S. The van der Waals surface area contributed by atoms with E-state index in [4.69, 9.17) is 16.3 Å². The van der Waals surface area contributed by atoms with Crippen molar-refractivity contribution >= 4 is 64.0 Å². The number of ether oxygens (including phenoxy) is 1. The number of hydrogen-bond acceptors (Lipinski definition) is 7. The first-order chi connectivity index (χ1) is 27.3. The fraction of sp³-hybridized carbons (Fsp3) is 0.311. The highest BCUT2D eigenvalue weighted by molar-refractivity contribution is 7.99. The summed E-state index contributed by atoms with van der Waals surface area (Å²) in [6.07, 6.45) is 4.87. The smallest absolute Gasteiger partial charge is 0.263 e. The zero-order valence-electron chi connectivity index (χ0n) is 31.5. The maximum absolute atomic E-state index is 13.3. The number of unbranched alkanes of at least 4 members (excludes halogenated alkanes) is 3. The van der Waals surface area contributed by atoms with E-state index in [0.717, 1.165) is 70.8 Å². The van der Waals surface area contributed by atoms with Crippen LogP contribution in [0.5, 0.6) is 5.75 Å². The molecular weight excluding hydrogens is 746 g/mol. The Morgan fingerprint density at radius 3 is 2.18 bits per heavy atom. The van der Waals surface area contributed by atoms with E-state index in [1.165, 1.54) is 17.3 Å². The van der Waals surface area contributed by atoms with E-state index in [1.54, 1.807) is 24.1 Å². The quantitative estimate of drug-likeness (QED) is 0.0355. The molecule has 4 aromatic rings. The first kappa shape index (κ1) is 40.5. The Balaban J connectivity index is 0.922. The molecule has 1 N–H and O–H groups in total. The summed E-state index contributed by atoms with van der Waals surface area (Å²) in [6.45, 7) is 0.855. The monoisotopic (exact) mass is 791 g/mol. The molecule has 290 valence electrons. The van der Waals surface area contributed by atoms with Gasteiger partial charge in [0.15, 0.2) is 0 Å². The molecule has 2 aliphatic rings. The number of nitrogens with one attached hydrogen (secondary N) is 1. The summed E-state index contributed by atoms with van der Waals surface area (Å²) in [6, 6.07) is 33.0. The van der Waals surface area contributed by atoms with Crippen molar-refractivity contribution < 1.29 is 28.7 Å². The van der Waals surface area contributed by atoms with Crippen LogP contribution < -0.4 is 10.1 Å². The second-order valence-electron chi connectivity index (χ2n) is 13.9. The van der Waals surface area contributed by atoms with E-state index < -0.39 is 29.7 Å². The molecule has 0 radical (unpaired) electrons. The fourth-order valence-corrected chi connectivity index (χ4v) is 8.39. The van der Waals surface area contributed by atoms with Gasteiger partial charge in [-0.3, -0.25) is 34.2 Å². The van der Waals surface area contributed by atoms with Crippen molar-refractivity contribution in [1.82, 2.24) is 15.1 Å². The minimum absolute atomic E-state index is 0.0762. The van der Waals surface area contributed by atoms with Crippen molar-refractivity contribution in [1.29, 1.82) is 0 Å². The molecule has 11 heteroatoms. The number of carbonyl (C=O) groups excluding carboxylic acids is 5. The minimum Gasteiger partial charge on any atom is -0.492 e. The summed E-state index contributed by atoms with van der Waals surface area (Å²) in [5, 5.41) is 2.23. The van der Waals surface area contributed by atoms with Crippen LogP contribution in [0.25, 0.3) is 11.1 Å². The third-order valence-corrected chi connectivity index (χ3v) is 11.4. The highest BCUT2D eigenvalue weighted by Crippen LogP contribution is 2.36. The van der Waals surface area contributed by atoms with Gasteiger partial charge in [0.2, 0.25) is 17.7 Å². The van der Waals surface area contributed by atoms with E-state index in [0.29, 0.717) is 35.9 Å². The van der Waals surface area contributed by atoms with Crippen LogP contribution in [0.3, 0.4) is 0 Å². The highest BCUT2D eigenvalue weighted by Gasteiger charge is 2.45. The van der Waals surface area contributed by atoms with E-state index in [9.17, 15) is 24.0 Å². The summed E-state index contributed by atoms with van der Waals surface area (Å²) < 4.78 is 6.05. The predicted octanol–water partition coefficient (Wildman–Crippen LogP) is 8.26. The number of imide groups is 2. The average Bonchev–Trinajstić information content (AvgIpc) is 3.47. The molecule has 1 saturated heterocycles. The van der Waals surface area contributed by atoms with Crippen LogP contribution in [-0.2, 0) is 14.4 Å². The van der Waals surface area contributed by atoms with Gasteiger partial charge in [-0.05, 0) is 83.5 Å². The van der Waals surface area contributed by atoms with E-state index in [2.05, 4.69) is 41.7 Å². The predicted molar refractivity (Wildman–Crippen MR) is 221 cm³/mol. The first-order valence-corrected chi connectivity index (χ1v) is 20.6. The molecule has 0 aromatic heterocycles. The SMILES string of the molecule is CN(CCOc1ccc(C(=C(CCCl)c2ccccc2)c2ccccc2)cc1)C(=O)CCCCCCSc1cccc2c1C(=O)N(C1CCC(=O)NC1=O)C2=O. The third-order valence-electron chi connectivity index (χ3n) is 10.1. The molecule has 2 aliphatic heterocycles. The van der Waals surface area contributed by atoms with Crippen LogP contribution in [-0.4, -0.2) is 77.2 Å². The number of thioether (sulfide) groups is 1. The molecule has 0 aliphatic carbocycles. The number of piperidine rings is 1. The summed E-state index contributed by atoms with van der Waals surface area (Å²) in [5.74, 6) is 0.0572. The first-order valence-electron chi connectivity index (χ1n) is 19.1. The molecule has 1 unspecified atom stereocenters. The van der Waals surface area contributed by atoms with Gasteiger partial charge < -0.3 is 9.64 Å². The van der Waals surface area contributed by atoms with Gasteiger partial charge in [0.05, 0.1) is 17.7 Å². The number of halogens is 1. The Labute approximate surface area is 337 Å². The van der Waals surface area contributed by atoms with Crippen LogP contribution in [0.4, 0.5) is 0 Å². The largest absolute Gasteiger partial charge is 0.492 e. The normalized spacial score (nSPS) is 15.7. The third kappa shape index (κ3) is 9.78. The number of fused-ring (bicyclic) bond motifs is 1. The molecule has 0 bridgehead atoms. The summed E-state index contributed by atoms with van der Waals surface area (Å²) >= 11 is 7.81. The van der Waals surface area contributed by atoms with Crippen LogP contribution in [0.15, 0.2) is 108 Å². The number of carbonyl (C=O) groups is 5. The Morgan fingerprint density at radius 2 is 1.48 bits per heavy atom. The molecule has 1 fully saturated rings. The summed E-state index contributed by atoms with van der Waals surface area (Å²) in [4.78, 5) is 66.7. The molecule has 6 rings (SSSR count). The van der Waals surface area contributed by atoms with Crippen LogP contribution in [0, 0.1) is 0 Å². The number of amides is 5. The minimum atomic E-state index is -0.983. The lowest BCUT2D eigenvalue weighted by Gasteiger charge is -2.27. The lowest BCUT2D eigenvalue weighted by molar-refractivity contribution is -0.136. The van der Waals surface area contributed by atoms with Crippen molar-refractivity contribution in [2.45, 2.75) is 62.3 Å². The number of rotatable bonds is 18. The standard InChI is InChI=1S/C45H46ClN3O6S/c1-48(28-29-55-34-22-20-33(21-23-34)41(32-15-8-5-9-16-32)35(26-27-46)31-13-6-4-7-14-31)40(51)19-10-2-3-11-30-56-38-18-12-17-36-42(38)45(54)49(44(36)53)37-24-25-39(50)47-43(37)52/h4-9,12-18,20-23,37H,2-3,10-11,19,24-30H2,1H3,(H,47,50,52). The summed E-state index contributed by atoms with van der Waals surface area (Å²) in [5.41, 5.74) is 6.29. The molecule has 0 spiro atoms. The van der Waals surface area contributed by atoms with Gasteiger partial charge in [0.1, 0.15) is 18.4 Å². The zero-order valence-corrected chi connectivity index (χ0v) is 33.1. The number of hydrogen-bond donors (Lipinski definition) is 1. The van der Waals surface area contributed by atoms with E-state index in [1.807, 2.05) is 54.6 Å². The maximum atomic E-state index is 13.3. The second kappa shape index (κ2) is 19.6. The van der Waals surface area contributed by atoms with Gasteiger partial charge in [0, 0.05) is 30.7 Å². The zero-order chi connectivity index (χ0) is 39.4. The fourth-order valence-electron chi connectivity index (χ4n) is 7.12. The van der Waals surface area contributed by atoms with Crippen molar-refractivity contribution in [3.05, 3.63) is 131 Å². The molecule has 9 nitrogen and oxygen atoms in total. The number of likely N-dealkylation sites (N-methyl/N-ethyl adjacent to an activating group) is 1. The molecule has 2 heterocycles. The molecule has 1 atom stereocenters. The van der Waals surface area contributed by atoms with E-state index >= 15 is 0 Å². The van der Waals surface area contributed by atoms with Crippen molar-refractivity contribution in [3.63, 3.8) is 0 Å². The summed E-state index contributed by atoms with van der Waals surface area (Å²) in [7, 11) is 1.80. The Morgan fingerprint density at radius 1 is 0.804 bits per heavy atom. The average molecular weight is 792 g/mol. The molecule has 4 aromatic carbocycles. The number of benzene rings is 4. The van der Waals surface area contributed by atoms with Gasteiger partial charge in [-0.1, -0.05) is 91.7 Å². The Kier molecular flexibility index (Phi) is 14.2. The lowest BCUT2D eigenvalue weighted by atomic mass is 9.88. The van der Waals surface area contributed by atoms with Crippen LogP contribution >= 0.6 is 23.4 Å². The number of allylic oxidation sites excluding steroid dienone is 1. The molecule has 5 amide bonds. The van der Waals surface area contributed by atoms with Gasteiger partial charge >= 0.3 is 0 Å². The van der Waals surface area contributed by atoms with Gasteiger partial charge in [0.25, 0.3) is 11.8 Å². The lowest BCUT2D eigenvalue weighted by Crippen LogP contribution is -2.54. The highest BCUT2D eigenvalue weighted by atomic mass is 35.5. The Hall–Kier alpha value is -5.19. The second-order valence-corrected chi connectivity index (χ2v) is 15.4. The Bertz CT molecular complexity index is 2070. The van der Waals surface area contributed by atoms with Gasteiger partial charge in [-0.15, -0.1) is 23.4 Å². The topological polar surface area (TPSA) is 113 Å². The maximum Gasteiger partial charge on any atom is 0.263 e. The van der Waals surface area contributed by atoms with Crippen LogP contribution in [0.1, 0.15) is 88.8 Å².